The second-order valence-corrected chi connectivity index (χ2v) is 9.08. The van der Waals surface area contributed by atoms with E-state index in [1.165, 1.54) is 24.3 Å². The largest absolute Gasteiger partial charge is 0.416 e. The Balaban J connectivity index is 2.01. The fourth-order valence-electron chi connectivity index (χ4n) is 3.08. The molecule has 11 heteroatoms. The second kappa shape index (κ2) is 7.03. The van der Waals surface area contributed by atoms with Crippen LogP contribution in [-0.2, 0) is 16.2 Å². The minimum atomic E-state index is -4.69. The van der Waals surface area contributed by atoms with Crippen LogP contribution in [0.4, 0.5) is 30.2 Å². The average molecular weight is 452 g/mol. The third-order valence-corrected chi connectivity index (χ3v) is 7.29. The number of rotatable bonds is 3. The molecule has 0 fully saturated rings. The van der Waals surface area contributed by atoms with Crippen molar-refractivity contribution in [1.82, 2.24) is 0 Å². The predicted octanol–water partition coefficient (Wildman–Crippen LogP) is 5.61. The molecule has 1 heterocycles. The fraction of sp³-hybridized carbons (Fsp3) is 0.0526. The molecule has 0 amide bonds. The van der Waals surface area contributed by atoms with Crippen molar-refractivity contribution < 1.29 is 26.5 Å². The highest BCUT2D eigenvalue weighted by Gasteiger charge is 2.39. The summed E-state index contributed by atoms with van der Waals surface area (Å²) in [6.07, 6.45) is -4.69. The molecule has 3 aromatic rings. The van der Waals surface area contributed by atoms with Crippen molar-refractivity contribution in [2.24, 2.45) is 0 Å². The van der Waals surface area contributed by atoms with Gasteiger partial charge < -0.3 is 0 Å². The van der Waals surface area contributed by atoms with Crippen molar-refractivity contribution in [2.45, 2.75) is 20.9 Å². The van der Waals surface area contributed by atoms with E-state index in [0.717, 1.165) is 40.3 Å². The molecule has 6 nitrogen and oxygen atoms in total. The van der Waals surface area contributed by atoms with Crippen molar-refractivity contribution in [2.75, 3.05) is 4.31 Å². The number of para-hydroxylation sites is 2. The van der Waals surface area contributed by atoms with Crippen LogP contribution in [0.2, 0.25) is 0 Å². The summed E-state index contributed by atoms with van der Waals surface area (Å²) in [5, 5.41) is 11.4. The van der Waals surface area contributed by atoms with Gasteiger partial charge in [-0.05, 0) is 36.4 Å². The minimum absolute atomic E-state index is 0.118. The quantitative estimate of drug-likeness (QED) is 0.381. The highest BCUT2D eigenvalue weighted by Crippen LogP contribution is 2.52. The zero-order valence-electron chi connectivity index (χ0n) is 14.8. The molecule has 0 aliphatic carbocycles. The first-order valence-electron chi connectivity index (χ1n) is 8.37. The molecule has 0 radical (unpaired) electrons. The number of hydrogen-bond donors (Lipinski definition) is 0. The maximum Gasteiger partial charge on any atom is 0.416 e. The summed E-state index contributed by atoms with van der Waals surface area (Å²) in [5.74, 6) is 0. The molecule has 0 bridgehead atoms. The number of fused-ring (bicyclic) bond motifs is 2. The Kier molecular flexibility index (Phi) is 4.74. The molecule has 0 saturated carbocycles. The lowest BCUT2D eigenvalue weighted by Gasteiger charge is -2.32. The van der Waals surface area contributed by atoms with Gasteiger partial charge in [0.2, 0.25) is 0 Å². The molecule has 1 aliphatic rings. The first-order chi connectivity index (χ1) is 14.1. The van der Waals surface area contributed by atoms with E-state index in [9.17, 15) is 31.7 Å². The first-order valence-corrected chi connectivity index (χ1v) is 10.6. The van der Waals surface area contributed by atoms with Crippen molar-refractivity contribution >= 4 is 38.8 Å². The number of nitro benzene ring substituents is 1. The lowest BCUT2D eigenvalue weighted by Crippen LogP contribution is -2.29. The van der Waals surface area contributed by atoms with Gasteiger partial charge in [0.05, 0.1) is 21.9 Å². The monoisotopic (exact) mass is 452 g/mol. The van der Waals surface area contributed by atoms with Crippen molar-refractivity contribution in [3.8, 4) is 0 Å². The summed E-state index contributed by atoms with van der Waals surface area (Å²) in [5.41, 5.74) is -1.79. The highest BCUT2D eigenvalue weighted by molar-refractivity contribution is 8.00. The molecule has 0 atom stereocenters. The summed E-state index contributed by atoms with van der Waals surface area (Å²) in [6.45, 7) is 0. The molecule has 1 aliphatic heterocycles. The summed E-state index contributed by atoms with van der Waals surface area (Å²) in [6, 6.07) is 13.8. The Morgan fingerprint density at radius 2 is 1.53 bits per heavy atom. The Labute approximate surface area is 173 Å². The normalized spacial score (nSPS) is 13.5. The van der Waals surface area contributed by atoms with Crippen LogP contribution in [0.1, 0.15) is 5.56 Å². The van der Waals surface area contributed by atoms with Crippen molar-refractivity contribution in [3.05, 3.63) is 82.4 Å². The summed E-state index contributed by atoms with van der Waals surface area (Å²) >= 11 is 1.12. The van der Waals surface area contributed by atoms with Crippen LogP contribution in [0.5, 0.6) is 0 Å². The average Bonchev–Trinajstić information content (AvgIpc) is 2.70. The standard InChI is InChI=1S/C19H11F3N2O4S2/c20-19(21,22)12-9-10-17-15(11-12)23(13-5-1-3-7-16(13)29-17)30(27,28)18-8-4-2-6-14(18)24(25)26/h1-11H. The van der Waals surface area contributed by atoms with Crippen LogP contribution >= 0.6 is 11.8 Å². The van der Waals surface area contributed by atoms with Crippen LogP contribution in [-0.4, -0.2) is 13.3 Å². The van der Waals surface area contributed by atoms with Crippen LogP contribution in [0.25, 0.3) is 0 Å². The number of halogens is 3. The summed E-state index contributed by atoms with van der Waals surface area (Å²) in [4.78, 5) is 10.7. The number of anilines is 2. The van der Waals surface area contributed by atoms with Crippen molar-refractivity contribution in [3.63, 3.8) is 0 Å². The van der Waals surface area contributed by atoms with E-state index in [2.05, 4.69) is 0 Å². The Bertz CT molecular complexity index is 1280. The van der Waals surface area contributed by atoms with Gasteiger partial charge in [0.1, 0.15) is 0 Å². The predicted molar refractivity (Wildman–Crippen MR) is 104 cm³/mol. The van der Waals surface area contributed by atoms with Crippen molar-refractivity contribution in [1.29, 1.82) is 0 Å². The molecule has 0 saturated heterocycles. The van der Waals surface area contributed by atoms with Gasteiger partial charge in [-0.3, -0.25) is 10.1 Å². The zero-order chi connectivity index (χ0) is 21.7. The summed E-state index contributed by atoms with van der Waals surface area (Å²) < 4.78 is 67.7. The lowest BCUT2D eigenvalue weighted by atomic mass is 10.2. The first kappa shape index (κ1) is 20.2. The number of sulfonamides is 1. The maximum atomic E-state index is 13.5. The molecule has 4 rings (SSSR count). The Morgan fingerprint density at radius 1 is 0.900 bits per heavy atom. The van der Waals surface area contributed by atoms with E-state index >= 15 is 0 Å². The van der Waals surface area contributed by atoms with E-state index in [-0.39, 0.29) is 16.3 Å². The molecular weight excluding hydrogens is 441 g/mol. The topological polar surface area (TPSA) is 80.5 Å². The molecule has 154 valence electrons. The van der Waals surface area contributed by atoms with Gasteiger partial charge in [-0.15, -0.1) is 0 Å². The van der Waals surface area contributed by atoms with Gasteiger partial charge in [0.15, 0.2) is 4.90 Å². The van der Waals surface area contributed by atoms with E-state index < -0.39 is 37.3 Å². The van der Waals surface area contributed by atoms with E-state index in [0.29, 0.717) is 4.90 Å². The molecular formula is C19H11F3N2O4S2. The number of benzene rings is 3. The maximum absolute atomic E-state index is 13.5. The van der Waals surface area contributed by atoms with Crippen LogP contribution in [0.3, 0.4) is 0 Å². The molecule has 0 unspecified atom stereocenters. The zero-order valence-corrected chi connectivity index (χ0v) is 16.5. The fourth-order valence-corrected chi connectivity index (χ4v) is 5.92. The molecule has 3 aromatic carbocycles. The molecule has 30 heavy (non-hydrogen) atoms. The molecule has 0 spiro atoms. The number of hydrogen-bond acceptors (Lipinski definition) is 5. The van der Waals surface area contributed by atoms with E-state index in [1.807, 2.05) is 0 Å². The second-order valence-electron chi connectivity index (χ2n) is 6.24. The van der Waals surface area contributed by atoms with E-state index in [4.69, 9.17) is 0 Å². The SMILES string of the molecule is O=[N+]([O-])c1ccccc1S(=O)(=O)N1c2ccccc2Sc2ccc(C(F)(F)F)cc21. The summed E-state index contributed by atoms with van der Waals surface area (Å²) in [7, 11) is -4.62. The van der Waals surface area contributed by atoms with E-state index in [1.54, 1.807) is 18.2 Å². The smallest absolute Gasteiger partial charge is 0.258 e. The van der Waals surface area contributed by atoms with Gasteiger partial charge >= 0.3 is 6.18 Å². The third-order valence-electron chi connectivity index (χ3n) is 4.39. The number of nitrogens with zero attached hydrogens (tertiary/aromatic N) is 2. The van der Waals surface area contributed by atoms with Gasteiger partial charge in [0.25, 0.3) is 15.7 Å². The van der Waals surface area contributed by atoms with Gasteiger partial charge in [-0.25, -0.2) is 12.7 Å². The molecule has 0 N–H and O–H groups in total. The minimum Gasteiger partial charge on any atom is -0.258 e. The molecule has 0 aromatic heterocycles. The number of nitro groups is 1. The van der Waals surface area contributed by atoms with Gasteiger partial charge in [0, 0.05) is 15.9 Å². The Morgan fingerprint density at radius 3 is 2.23 bits per heavy atom. The third kappa shape index (κ3) is 3.29. The Hall–Kier alpha value is -3.05. The highest BCUT2D eigenvalue weighted by atomic mass is 32.2. The number of alkyl halides is 3. The van der Waals surface area contributed by atoms with Gasteiger partial charge in [-0.1, -0.05) is 36.0 Å². The lowest BCUT2D eigenvalue weighted by molar-refractivity contribution is -0.387. The van der Waals surface area contributed by atoms with Crippen LogP contribution in [0.15, 0.2) is 81.4 Å². The van der Waals surface area contributed by atoms with Crippen LogP contribution < -0.4 is 4.31 Å². The van der Waals surface area contributed by atoms with Gasteiger partial charge in [-0.2, -0.15) is 13.2 Å². The van der Waals surface area contributed by atoms with Crippen LogP contribution in [0, 0.1) is 10.1 Å².